The van der Waals surface area contributed by atoms with Crippen molar-refractivity contribution in [2.45, 2.75) is 39.3 Å². The lowest BCUT2D eigenvalue weighted by Crippen LogP contribution is -2.15. The van der Waals surface area contributed by atoms with Gasteiger partial charge in [0.25, 0.3) is 5.56 Å². The fourth-order valence-electron chi connectivity index (χ4n) is 3.49. The van der Waals surface area contributed by atoms with Crippen molar-refractivity contribution < 1.29 is 0 Å². The standard InChI is InChI=1S/C20H21Cl2N5O/c1-2-3-4-7-27-19-13(9-24-27)18(23)17-16(25-19)11-26(20(17)28)10-12-5-6-14(21)15(22)8-12/h5-6,8-9,11,24H,2-4,7,10,23H2,1H3. The third kappa shape index (κ3) is 3.27. The molecule has 6 nitrogen and oxygen atoms in total. The molecule has 0 atom stereocenters. The number of nitrogens with zero attached hydrogens (tertiary/aromatic N) is 3. The van der Waals surface area contributed by atoms with E-state index < -0.39 is 0 Å². The summed E-state index contributed by atoms with van der Waals surface area (Å²) in [6, 6.07) is 5.34. The van der Waals surface area contributed by atoms with Crippen LogP contribution in [0.4, 0.5) is 5.69 Å². The molecule has 8 heteroatoms. The van der Waals surface area contributed by atoms with E-state index in [1.54, 1.807) is 22.9 Å². The largest absolute Gasteiger partial charge is 0.397 e. The zero-order chi connectivity index (χ0) is 19.8. The first kappa shape index (κ1) is 18.9. The fraction of sp³-hybridized carbons (Fsp3) is 0.300. The van der Waals surface area contributed by atoms with Crippen LogP contribution >= 0.6 is 23.2 Å². The molecular weight excluding hydrogens is 397 g/mol. The van der Waals surface area contributed by atoms with Crippen LogP contribution in [0.2, 0.25) is 10.0 Å². The lowest BCUT2D eigenvalue weighted by molar-refractivity contribution is 0.564. The van der Waals surface area contributed by atoms with E-state index in [2.05, 4.69) is 12.0 Å². The van der Waals surface area contributed by atoms with Crippen molar-refractivity contribution in [1.82, 2.24) is 19.3 Å². The zero-order valence-electron chi connectivity index (χ0n) is 15.5. The Balaban J connectivity index is 1.77. The van der Waals surface area contributed by atoms with E-state index in [4.69, 9.17) is 33.9 Å². The minimum atomic E-state index is -0.160. The number of aryl methyl sites for hydroxylation is 1. The number of nitrogens with one attached hydrogen (secondary N) is 1. The van der Waals surface area contributed by atoms with Crippen LogP contribution in [-0.4, -0.2) is 19.3 Å². The number of benzene rings is 1. The second-order valence-electron chi connectivity index (χ2n) is 6.97. The first-order valence-corrected chi connectivity index (χ1v) is 10.1. The Hall–Kier alpha value is -2.44. The monoisotopic (exact) mass is 417 g/mol. The lowest BCUT2D eigenvalue weighted by Gasteiger charge is -2.04. The number of hydrogen-bond donors (Lipinski definition) is 2. The third-order valence-corrected chi connectivity index (χ3v) is 5.72. The number of H-pyrrole nitrogens is 1. The molecule has 0 fully saturated rings. The Morgan fingerprint density at radius 1 is 1.21 bits per heavy atom. The van der Waals surface area contributed by atoms with Crippen molar-refractivity contribution in [3.05, 3.63) is 56.6 Å². The van der Waals surface area contributed by atoms with Crippen LogP contribution in [0.25, 0.3) is 21.9 Å². The van der Waals surface area contributed by atoms with Crippen molar-refractivity contribution >= 4 is 50.8 Å². The number of aromatic nitrogens is 4. The summed E-state index contributed by atoms with van der Waals surface area (Å²) < 4.78 is 3.60. The van der Waals surface area contributed by atoms with Crippen molar-refractivity contribution in [2.75, 3.05) is 5.73 Å². The number of anilines is 1. The minimum absolute atomic E-state index is 0.160. The molecule has 0 saturated carbocycles. The van der Waals surface area contributed by atoms with E-state index in [-0.39, 0.29) is 5.56 Å². The molecule has 3 heterocycles. The molecule has 0 bridgehead atoms. The predicted octanol–water partition coefficient (Wildman–Crippen LogP) is 4.81. The summed E-state index contributed by atoms with van der Waals surface area (Å²) in [7, 11) is 0. The molecule has 0 aliphatic heterocycles. The molecule has 0 unspecified atom stereocenters. The van der Waals surface area contributed by atoms with Crippen molar-refractivity contribution in [3.8, 4) is 0 Å². The second-order valence-corrected chi connectivity index (χ2v) is 7.78. The van der Waals surface area contributed by atoms with Gasteiger partial charge in [0.15, 0.2) is 5.65 Å². The molecule has 3 N–H and O–H groups in total. The molecule has 0 aliphatic carbocycles. The highest BCUT2D eigenvalue weighted by Crippen LogP contribution is 2.27. The number of aromatic amines is 1. The van der Waals surface area contributed by atoms with Crippen LogP contribution < -0.4 is 11.3 Å². The molecule has 3 aromatic heterocycles. The summed E-state index contributed by atoms with van der Waals surface area (Å²) in [5, 5.41) is 5.37. The Kier molecular flexibility index (Phi) is 5.08. The fourth-order valence-corrected chi connectivity index (χ4v) is 3.81. The number of hydrogen-bond acceptors (Lipinski definition) is 3. The Morgan fingerprint density at radius 3 is 2.79 bits per heavy atom. The van der Waals surface area contributed by atoms with Crippen LogP contribution in [0.15, 0.2) is 35.4 Å². The van der Waals surface area contributed by atoms with Gasteiger partial charge in [0.05, 0.1) is 38.6 Å². The van der Waals surface area contributed by atoms with E-state index in [0.29, 0.717) is 33.2 Å². The number of halogens is 2. The van der Waals surface area contributed by atoms with Gasteiger partial charge in [-0.2, -0.15) is 0 Å². The second kappa shape index (κ2) is 7.53. The molecule has 0 saturated heterocycles. The SMILES string of the molecule is CCCCCn1[nH]cc2c(N)c3c(=O)n(Cc4ccc(Cl)c(Cl)c4)cc3nc21. The normalized spacial score (nSPS) is 11.7. The molecule has 4 rings (SSSR count). The van der Waals surface area contributed by atoms with E-state index in [0.717, 1.165) is 42.4 Å². The summed E-state index contributed by atoms with van der Waals surface area (Å²) in [5.74, 6) is 0. The predicted molar refractivity (Wildman–Crippen MR) is 115 cm³/mol. The van der Waals surface area contributed by atoms with Gasteiger partial charge < -0.3 is 15.4 Å². The number of pyridine rings is 1. The summed E-state index contributed by atoms with van der Waals surface area (Å²) in [5.41, 5.74) is 8.90. The number of nitrogens with two attached hydrogens (primary N) is 1. The van der Waals surface area contributed by atoms with Gasteiger partial charge in [-0.1, -0.05) is 49.0 Å². The first-order valence-electron chi connectivity index (χ1n) is 9.29. The van der Waals surface area contributed by atoms with Crippen LogP contribution in [-0.2, 0) is 13.1 Å². The maximum absolute atomic E-state index is 12.9. The number of nitrogen functional groups attached to an aromatic ring is 1. The average molecular weight is 418 g/mol. The Labute approximate surface area is 171 Å². The molecular formula is C20H21Cl2N5O. The van der Waals surface area contributed by atoms with Gasteiger partial charge in [0.2, 0.25) is 0 Å². The third-order valence-electron chi connectivity index (χ3n) is 4.98. The smallest absolute Gasteiger partial charge is 0.262 e. The summed E-state index contributed by atoms with van der Waals surface area (Å²) in [4.78, 5) is 17.6. The highest BCUT2D eigenvalue weighted by Gasteiger charge is 2.17. The van der Waals surface area contributed by atoms with Crippen LogP contribution in [0.5, 0.6) is 0 Å². The minimum Gasteiger partial charge on any atom is -0.397 e. The topological polar surface area (TPSA) is 81.6 Å². The van der Waals surface area contributed by atoms with Gasteiger partial charge in [-0.3, -0.25) is 9.48 Å². The number of rotatable bonds is 6. The van der Waals surface area contributed by atoms with Gasteiger partial charge in [-0.15, -0.1) is 0 Å². The molecule has 0 aliphatic rings. The molecule has 28 heavy (non-hydrogen) atoms. The molecule has 1 aromatic carbocycles. The lowest BCUT2D eigenvalue weighted by atomic mass is 10.2. The number of unbranched alkanes of at least 4 members (excludes halogenated alkanes) is 2. The van der Waals surface area contributed by atoms with Gasteiger partial charge in [0, 0.05) is 18.9 Å². The summed E-state index contributed by atoms with van der Waals surface area (Å²) >= 11 is 12.1. The Bertz CT molecular complexity index is 1220. The summed E-state index contributed by atoms with van der Waals surface area (Å²) in [6.45, 7) is 3.38. The molecule has 4 aromatic rings. The van der Waals surface area contributed by atoms with Crippen LogP contribution in [0, 0.1) is 0 Å². The highest BCUT2D eigenvalue weighted by atomic mass is 35.5. The highest BCUT2D eigenvalue weighted by molar-refractivity contribution is 6.42. The van der Waals surface area contributed by atoms with Crippen molar-refractivity contribution in [3.63, 3.8) is 0 Å². The summed E-state index contributed by atoms with van der Waals surface area (Å²) in [6.07, 6.45) is 6.92. The van der Waals surface area contributed by atoms with Crippen molar-refractivity contribution in [1.29, 1.82) is 0 Å². The maximum Gasteiger partial charge on any atom is 0.262 e. The van der Waals surface area contributed by atoms with Gasteiger partial charge in [-0.25, -0.2) is 4.98 Å². The van der Waals surface area contributed by atoms with Crippen molar-refractivity contribution in [2.24, 2.45) is 0 Å². The molecule has 0 spiro atoms. The Morgan fingerprint density at radius 2 is 2.04 bits per heavy atom. The maximum atomic E-state index is 12.9. The van der Waals surface area contributed by atoms with Crippen LogP contribution in [0.1, 0.15) is 31.7 Å². The van der Waals surface area contributed by atoms with E-state index in [9.17, 15) is 4.79 Å². The quantitative estimate of drug-likeness (QED) is 0.441. The van der Waals surface area contributed by atoms with Crippen LogP contribution in [0.3, 0.4) is 0 Å². The van der Waals surface area contributed by atoms with E-state index in [1.807, 2.05) is 16.9 Å². The molecule has 0 amide bonds. The number of fused-ring (bicyclic) bond motifs is 2. The molecule has 0 radical (unpaired) electrons. The van der Waals surface area contributed by atoms with Gasteiger partial charge >= 0.3 is 0 Å². The average Bonchev–Trinajstić information content (AvgIpc) is 3.21. The zero-order valence-corrected chi connectivity index (χ0v) is 17.0. The molecule has 146 valence electrons. The van der Waals surface area contributed by atoms with E-state index in [1.165, 1.54) is 0 Å². The van der Waals surface area contributed by atoms with Gasteiger partial charge in [-0.05, 0) is 24.1 Å². The van der Waals surface area contributed by atoms with E-state index >= 15 is 0 Å². The first-order chi connectivity index (χ1) is 13.5. The van der Waals surface area contributed by atoms with Gasteiger partial charge in [0.1, 0.15) is 0 Å².